The average Bonchev–Trinajstić information content (AvgIpc) is 2.69. The Kier molecular flexibility index (Phi) is 3.60. The lowest BCUT2D eigenvalue weighted by molar-refractivity contribution is -0.128. The molecule has 0 aromatic carbocycles. The van der Waals surface area contributed by atoms with E-state index in [0.29, 0.717) is 6.54 Å². The van der Waals surface area contributed by atoms with Crippen molar-refractivity contribution in [2.75, 3.05) is 6.54 Å². The van der Waals surface area contributed by atoms with Crippen molar-refractivity contribution in [1.82, 2.24) is 14.7 Å². The summed E-state index contributed by atoms with van der Waals surface area (Å²) in [5, 5.41) is 2.94. The highest BCUT2D eigenvalue weighted by Gasteiger charge is 2.20. The van der Waals surface area contributed by atoms with Gasteiger partial charge in [0.05, 0.1) is 5.69 Å². The van der Waals surface area contributed by atoms with Crippen molar-refractivity contribution < 1.29 is 4.79 Å². The summed E-state index contributed by atoms with van der Waals surface area (Å²) >= 11 is 0. The molecule has 0 aliphatic carbocycles. The van der Waals surface area contributed by atoms with Gasteiger partial charge in [-0.15, -0.1) is 0 Å². The van der Waals surface area contributed by atoms with Crippen LogP contribution in [-0.4, -0.2) is 21.8 Å². The summed E-state index contributed by atoms with van der Waals surface area (Å²) in [6.45, 7) is 8.42. The number of rotatable bonds is 3. The first-order valence-corrected chi connectivity index (χ1v) is 6.59. The van der Waals surface area contributed by atoms with Crippen LogP contribution in [0.2, 0.25) is 0 Å². The minimum atomic E-state index is -0.337. The fourth-order valence-electron chi connectivity index (χ4n) is 1.83. The predicted molar refractivity (Wildman–Crippen MR) is 76.1 cm³/mol. The number of aromatic nitrogens is 2. The first-order chi connectivity index (χ1) is 8.86. The van der Waals surface area contributed by atoms with Gasteiger partial charge in [0.25, 0.3) is 0 Å². The van der Waals surface area contributed by atoms with E-state index in [1.54, 1.807) is 0 Å². The number of hydrogen-bond acceptors (Lipinski definition) is 2. The molecule has 4 nitrogen and oxygen atoms in total. The molecule has 2 aromatic rings. The molecule has 2 heterocycles. The van der Waals surface area contributed by atoms with Crippen LogP contribution in [0.15, 0.2) is 24.5 Å². The standard InChI is InChI=1S/C15H21N3O/c1-11-6-8-18-10-12(17-13(18)9-11)5-7-16-14(19)15(2,3)4/h6,8-10H,5,7H2,1-4H3,(H,16,19). The van der Waals surface area contributed by atoms with E-state index in [1.165, 1.54) is 5.56 Å². The first-order valence-electron chi connectivity index (χ1n) is 6.59. The molecule has 1 N–H and O–H groups in total. The molecular weight excluding hydrogens is 238 g/mol. The van der Waals surface area contributed by atoms with Gasteiger partial charge in [-0.05, 0) is 24.6 Å². The number of nitrogens with one attached hydrogen (secondary N) is 1. The number of carbonyl (C=O) groups excluding carboxylic acids is 1. The third-order valence-electron chi connectivity index (χ3n) is 3.01. The largest absolute Gasteiger partial charge is 0.355 e. The Morgan fingerprint density at radius 2 is 2.16 bits per heavy atom. The van der Waals surface area contributed by atoms with Crippen LogP contribution in [0.4, 0.5) is 0 Å². The van der Waals surface area contributed by atoms with Gasteiger partial charge in [-0.3, -0.25) is 4.79 Å². The summed E-state index contributed by atoms with van der Waals surface area (Å²) in [4.78, 5) is 16.3. The molecular formula is C15H21N3O. The van der Waals surface area contributed by atoms with E-state index in [9.17, 15) is 4.79 Å². The summed E-state index contributed by atoms with van der Waals surface area (Å²) in [5.74, 6) is 0.0760. The van der Waals surface area contributed by atoms with Gasteiger partial charge in [-0.1, -0.05) is 20.8 Å². The molecule has 102 valence electrons. The Bertz CT molecular complexity index is 593. The maximum absolute atomic E-state index is 11.7. The van der Waals surface area contributed by atoms with Gasteiger partial charge in [-0.2, -0.15) is 0 Å². The van der Waals surface area contributed by atoms with Crippen molar-refractivity contribution in [1.29, 1.82) is 0 Å². The molecule has 0 atom stereocenters. The molecule has 0 saturated heterocycles. The SMILES string of the molecule is Cc1ccn2cc(CCNC(=O)C(C)(C)C)nc2c1. The number of aryl methyl sites for hydroxylation is 1. The smallest absolute Gasteiger partial charge is 0.225 e. The fourth-order valence-corrected chi connectivity index (χ4v) is 1.83. The van der Waals surface area contributed by atoms with Gasteiger partial charge in [0.2, 0.25) is 5.91 Å². The molecule has 1 amide bonds. The lowest BCUT2D eigenvalue weighted by atomic mass is 9.96. The molecule has 0 unspecified atom stereocenters. The third kappa shape index (κ3) is 3.34. The van der Waals surface area contributed by atoms with Gasteiger partial charge >= 0.3 is 0 Å². The van der Waals surface area contributed by atoms with Crippen LogP contribution in [0, 0.1) is 12.3 Å². The van der Waals surface area contributed by atoms with Crippen molar-refractivity contribution in [3.8, 4) is 0 Å². The molecule has 19 heavy (non-hydrogen) atoms. The Morgan fingerprint density at radius 1 is 1.42 bits per heavy atom. The number of fused-ring (bicyclic) bond motifs is 1. The van der Waals surface area contributed by atoms with Crippen LogP contribution in [0.25, 0.3) is 5.65 Å². The topological polar surface area (TPSA) is 46.4 Å². The van der Waals surface area contributed by atoms with Crippen molar-refractivity contribution >= 4 is 11.6 Å². The molecule has 4 heteroatoms. The molecule has 0 radical (unpaired) electrons. The number of amides is 1. The minimum Gasteiger partial charge on any atom is -0.355 e. The summed E-state index contributed by atoms with van der Waals surface area (Å²) < 4.78 is 2.01. The minimum absolute atomic E-state index is 0.0760. The molecule has 2 aromatic heterocycles. The van der Waals surface area contributed by atoms with Crippen molar-refractivity contribution in [3.05, 3.63) is 35.8 Å². The maximum atomic E-state index is 11.7. The number of pyridine rings is 1. The van der Waals surface area contributed by atoms with Crippen LogP contribution >= 0.6 is 0 Å². The van der Waals surface area contributed by atoms with Crippen molar-refractivity contribution in [2.24, 2.45) is 5.41 Å². The van der Waals surface area contributed by atoms with E-state index < -0.39 is 0 Å². The molecule has 0 aliphatic rings. The number of nitrogens with zero attached hydrogens (tertiary/aromatic N) is 2. The van der Waals surface area contributed by atoms with Crippen LogP contribution < -0.4 is 5.32 Å². The van der Waals surface area contributed by atoms with E-state index in [2.05, 4.69) is 29.4 Å². The number of imidazole rings is 1. The molecule has 2 rings (SSSR count). The lowest BCUT2D eigenvalue weighted by Crippen LogP contribution is -2.35. The van der Waals surface area contributed by atoms with Gasteiger partial charge < -0.3 is 9.72 Å². The Labute approximate surface area is 113 Å². The zero-order chi connectivity index (χ0) is 14.0. The number of carbonyl (C=O) groups is 1. The van der Waals surface area contributed by atoms with E-state index in [-0.39, 0.29) is 11.3 Å². The Morgan fingerprint density at radius 3 is 2.84 bits per heavy atom. The highest BCUT2D eigenvalue weighted by Crippen LogP contribution is 2.12. The van der Waals surface area contributed by atoms with Crippen LogP contribution in [0.5, 0.6) is 0 Å². The van der Waals surface area contributed by atoms with Crippen molar-refractivity contribution in [3.63, 3.8) is 0 Å². The first kappa shape index (κ1) is 13.6. The molecule has 0 fully saturated rings. The van der Waals surface area contributed by atoms with Crippen LogP contribution in [0.3, 0.4) is 0 Å². The lowest BCUT2D eigenvalue weighted by Gasteiger charge is -2.17. The molecule has 0 spiro atoms. The number of hydrogen-bond donors (Lipinski definition) is 1. The van der Waals surface area contributed by atoms with E-state index in [1.807, 2.05) is 37.6 Å². The second kappa shape index (κ2) is 5.03. The fraction of sp³-hybridized carbons (Fsp3) is 0.467. The summed E-state index contributed by atoms with van der Waals surface area (Å²) in [6.07, 6.45) is 4.77. The zero-order valence-corrected chi connectivity index (χ0v) is 12.0. The maximum Gasteiger partial charge on any atom is 0.225 e. The zero-order valence-electron chi connectivity index (χ0n) is 12.0. The molecule has 0 saturated carbocycles. The van der Waals surface area contributed by atoms with E-state index >= 15 is 0 Å². The monoisotopic (exact) mass is 259 g/mol. The Balaban J connectivity index is 1.97. The normalized spacial score (nSPS) is 11.8. The summed E-state index contributed by atoms with van der Waals surface area (Å²) in [7, 11) is 0. The van der Waals surface area contributed by atoms with E-state index in [4.69, 9.17) is 0 Å². The van der Waals surface area contributed by atoms with Crippen LogP contribution in [0.1, 0.15) is 32.0 Å². The second-order valence-corrected chi connectivity index (χ2v) is 5.96. The van der Waals surface area contributed by atoms with E-state index in [0.717, 1.165) is 17.8 Å². The average molecular weight is 259 g/mol. The molecule has 0 bridgehead atoms. The summed E-state index contributed by atoms with van der Waals surface area (Å²) in [5.41, 5.74) is 2.82. The van der Waals surface area contributed by atoms with Crippen LogP contribution in [-0.2, 0) is 11.2 Å². The summed E-state index contributed by atoms with van der Waals surface area (Å²) in [6, 6.07) is 4.11. The van der Waals surface area contributed by atoms with Crippen molar-refractivity contribution in [2.45, 2.75) is 34.1 Å². The Hall–Kier alpha value is -1.84. The second-order valence-electron chi connectivity index (χ2n) is 5.96. The highest BCUT2D eigenvalue weighted by molar-refractivity contribution is 5.81. The van der Waals surface area contributed by atoms with Gasteiger partial charge in [0.1, 0.15) is 5.65 Å². The van der Waals surface area contributed by atoms with Gasteiger partial charge in [-0.25, -0.2) is 4.98 Å². The van der Waals surface area contributed by atoms with Gasteiger partial charge in [0.15, 0.2) is 0 Å². The highest BCUT2D eigenvalue weighted by atomic mass is 16.2. The van der Waals surface area contributed by atoms with Gasteiger partial charge in [0, 0.05) is 30.8 Å². The predicted octanol–water partition coefficient (Wildman–Crippen LogP) is 2.35. The molecule has 0 aliphatic heterocycles. The quantitative estimate of drug-likeness (QED) is 0.919. The third-order valence-corrected chi connectivity index (χ3v) is 3.01.